The molecule has 1 aliphatic rings. The van der Waals surface area contributed by atoms with E-state index in [1.54, 1.807) is 4.90 Å². The number of nitrogens with zero attached hydrogens (tertiary/aromatic N) is 3. The molecule has 27 heavy (non-hydrogen) atoms. The van der Waals surface area contributed by atoms with Crippen LogP contribution >= 0.6 is 11.6 Å². The van der Waals surface area contributed by atoms with Gasteiger partial charge in [0.1, 0.15) is 5.69 Å². The Hall–Kier alpha value is -2.94. The van der Waals surface area contributed by atoms with E-state index in [1.165, 1.54) is 31.5 Å². The molecule has 0 saturated carbocycles. The highest BCUT2D eigenvalue weighted by Crippen LogP contribution is 2.33. The third kappa shape index (κ3) is 3.92. The van der Waals surface area contributed by atoms with Crippen LogP contribution in [0, 0.1) is 15.9 Å². The quantitative estimate of drug-likeness (QED) is 0.472. The monoisotopic (exact) mass is 394 g/mol. The molecule has 0 radical (unpaired) electrons. The van der Waals surface area contributed by atoms with Crippen molar-refractivity contribution in [2.24, 2.45) is 0 Å². The lowest BCUT2D eigenvalue weighted by atomic mass is 10.1. The van der Waals surface area contributed by atoms with Crippen molar-refractivity contribution in [3.63, 3.8) is 0 Å². The first-order chi connectivity index (χ1) is 12.9. The number of carbonyl (C=O) groups excluding carboxylic acids is 1. The zero-order valence-corrected chi connectivity index (χ0v) is 15.1. The number of nitro benzene ring substituents is 1. The Morgan fingerprint density at radius 2 is 2.30 bits per heavy atom. The number of carbonyl (C=O) groups is 1. The number of benzene rings is 1. The number of nitrogens with one attached hydrogen (secondary N) is 1. The molecule has 142 valence electrons. The van der Waals surface area contributed by atoms with Crippen LogP contribution < -0.4 is 10.2 Å². The zero-order valence-electron chi connectivity index (χ0n) is 14.3. The number of anilines is 2. The van der Waals surface area contributed by atoms with Gasteiger partial charge in [0.2, 0.25) is 0 Å². The first-order valence-electron chi connectivity index (χ1n) is 8.09. The first-order valence-corrected chi connectivity index (χ1v) is 8.46. The second kappa shape index (κ2) is 7.75. The third-order valence-electron chi connectivity index (χ3n) is 4.27. The summed E-state index contributed by atoms with van der Waals surface area (Å²) in [6.45, 7) is 0.967. The van der Waals surface area contributed by atoms with E-state index < -0.39 is 16.7 Å². The number of nitro groups is 1. The average Bonchev–Trinajstić information content (AvgIpc) is 3.09. The number of hydrogen-bond acceptors (Lipinski definition) is 7. The lowest BCUT2D eigenvalue weighted by Gasteiger charge is -2.19. The molecular formula is C17H16ClFN4O4. The SMILES string of the molecule is COC(=O)c1cc([N+](=O)[O-])c(NC2CCN(c3ncccc3F)C2)cc1Cl. The fraction of sp³-hybridized carbons (Fsp3) is 0.294. The summed E-state index contributed by atoms with van der Waals surface area (Å²) in [5.41, 5.74) is -0.187. The van der Waals surface area contributed by atoms with Gasteiger partial charge in [-0.1, -0.05) is 11.6 Å². The van der Waals surface area contributed by atoms with E-state index in [0.717, 1.165) is 6.07 Å². The number of methoxy groups -OCH3 is 1. The first kappa shape index (κ1) is 18.8. The lowest BCUT2D eigenvalue weighted by molar-refractivity contribution is -0.384. The molecule has 1 aromatic carbocycles. The molecule has 2 heterocycles. The van der Waals surface area contributed by atoms with Gasteiger partial charge in [0.05, 0.1) is 22.6 Å². The summed E-state index contributed by atoms with van der Waals surface area (Å²) in [4.78, 5) is 28.3. The van der Waals surface area contributed by atoms with Gasteiger partial charge >= 0.3 is 5.97 Å². The summed E-state index contributed by atoms with van der Waals surface area (Å²) in [5, 5.41) is 14.5. The molecule has 1 atom stereocenters. The zero-order chi connectivity index (χ0) is 19.6. The third-order valence-corrected chi connectivity index (χ3v) is 4.59. The Bertz CT molecular complexity index is 895. The maximum absolute atomic E-state index is 13.9. The van der Waals surface area contributed by atoms with Gasteiger partial charge in [-0.25, -0.2) is 14.2 Å². The number of halogens is 2. The van der Waals surface area contributed by atoms with E-state index in [0.29, 0.717) is 19.5 Å². The minimum Gasteiger partial charge on any atom is -0.465 e. The van der Waals surface area contributed by atoms with Crippen LogP contribution in [0.15, 0.2) is 30.5 Å². The highest BCUT2D eigenvalue weighted by molar-refractivity contribution is 6.34. The van der Waals surface area contributed by atoms with Gasteiger partial charge in [-0.05, 0) is 24.6 Å². The Kier molecular flexibility index (Phi) is 5.41. The van der Waals surface area contributed by atoms with Crippen molar-refractivity contribution < 1.29 is 18.8 Å². The van der Waals surface area contributed by atoms with E-state index in [9.17, 15) is 19.3 Å². The maximum atomic E-state index is 13.9. The predicted octanol–water partition coefficient (Wildman–Crippen LogP) is 3.26. The van der Waals surface area contributed by atoms with E-state index in [4.69, 9.17) is 11.6 Å². The van der Waals surface area contributed by atoms with Crippen LogP contribution in [0.1, 0.15) is 16.8 Å². The van der Waals surface area contributed by atoms with Crippen LogP contribution in [-0.2, 0) is 4.74 Å². The molecule has 1 N–H and O–H groups in total. The standard InChI is InChI=1S/C17H16ClFN4O4/c1-27-17(24)11-7-15(23(25)26)14(8-12(11)18)21-10-4-6-22(9-10)16-13(19)3-2-5-20-16/h2-3,5,7-8,10,21H,4,6,9H2,1H3. The summed E-state index contributed by atoms with van der Waals surface area (Å²) >= 11 is 6.08. The Labute approximate surface area is 159 Å². The molecule has 0 spiro atoms. The number of aromatic nitrogens is 1. The van der Waals surface area contributed by atoms with Crippen molar-refractivity contribution >= 4 is 34.8 Å². The Morgan fingerprint density at radius 1 is 1.52 bits per heavy atom. The topological polar surface area (TPSA) is 97.6 Å². The molecule has 3 rings (SSSR count). The summed E-state index contributed by atoms with van der Waals surface area (Å²) < 4.78 is 18.5. The van der Waals surface area contributed by atoms with Gasteiger partial charge in [-0.15, -0.1) is 0 Å². The van der Waals surface area contributed by atoms with Gasteiger partial charge < -0.3 is 15.0 Å². The molecule has 0 bridgehead atoms. The van der Waals surface area contributed by atoms with Crippen LogP contribution in [0.2, 0.25) is 5.02 Å². The summed E-state index contributed by atoms with van der Waals surface area (Å²) in [7, 11) is 1.17. The van der Waals surface area contributed by atoms with E-state index in [1.807, 2.05) is 0 Å². The molecule has 2 aromatic rings. The largest absolute Gasteiger partial charge is 0.465 e. The molecule has 0 amide bonds. The minimum atomic E-state index is -0.757. The van der Waals surface area contributed by atoms with Gasteiger partial charge in [0, 0.05) is 31.4 Å². The highest BCUT2D eigenvalue weighted by Gasteiger charge is 2.28. The molecule has 1 aromatic heterocycles. The minimum absolute atomic E-state index is 0.0422. The van der Waals surface area contributed by atoms with Gasteiger partial charge in [-0.2, -0.15) is 0 Å². The number of ether oxygens (including phenoxy) is 1. The van der Waals surface area contributed by atoms with Crippen molar-refractivity contribution in [3.05, 3.63) is 57.0 Å². The summed E-state index contributed by atoms with van der Waals surface area (Å²) in [6, 6.07) is 5.08. The molecule has 10 heteroatoms. The Balaban J connectivity index is 1.82. The molecular weight excluding hydrogens is 379 g/mol. The number of hydrogen-bond donors (Lipinski definition) is 1. The number of esters is 1. The van der Waals surface area contributed by atoms with Crippen LogP contribution in [0.4, 0.5) is 21.6 Å². The van der Waals surface area contributed by atoms with Gasteiger partial charge in [0.25, 0.3) is 5.69 Å². The smallest absolute Gasteiger partial charge is 0.339 e. The Morgan fingerprint density at radius 3 is 2.96 bits per heavy atom. The molecule has 1 unspecified atom stereocenters. The van der Waals surface area contributed by atoms with Crippen LogP contribution in [0.3, 0.4) is 0 Å². The van der Waals surface area contributed by atoms with Crippen LogP contribution in [-0.4, -0.2) is 42.1 Å². The number of pyridine rings is 1. The van der Waals surface area contributed by atoms with E-state index >= 15 is 0 Å². The van der Waals surface area contributed by atoms with Gasteiger partial charge in [-0.3, -0.25) is 10.1 Å². The summed E-state index contributed by atoms with van der Waals surface area (Å²) in [6.07, 6.45) is 2.14. The van der Waals surface area contributed by atoms with Crippen molar-refractivity contribution in [3.8, 4) is 0 Å². The lowest BCUT2D eigenvalue weighted by Crippen LogP contribution is -2.27. The van der Waals surface area contributed by atoms with Crippen molar-refractivity contribution in [2.75, 3.05) is 30.4 Å². The van der Waals surface area contributed by atoms with Gasteiger partial charge in [0.15, 0.2) is 11.6 Å². The fourth-order valence-electron chi connectivity index (χ4n) is 3.00. The predicted molar refractivity (Wildman–Crippen MR) is 97.9 cm³/mol. The van der Waals surface area contributed by atoms with Crippen molar-refractivity contribution in [2.45, 2.75) is 12.5 Å². The van der Waals surface area contributed by atoms with Crippen molar-refractivity contribution in [1.29, 1.82) is 0 Å². The molecule has 8 nitrogen and oxygen atoms in total. The highest BCUT2D eigenvalue weighted by atomic mass is 35.5. The van der Waals surface area contributed by atoms with E-state index in [2.05, 4.69) is 15.0 Å². The second-order valence-corrected chi connectivity index (χ2v) is 6.39. The maximum Gasteiger partial charge on any atom is 0.339 e. The molecule has 1 saturated heterocycles. The molecule has 0 aliphatic carbocycles. The van der Waals surface area contributed by atoms with E-state index in [-0.39, 0.29) is 33.8 Å². The van der Waals surface area contributed by atoms with Crippen LogP contribution in [0.5, 0.6) is 0 Å². The molecule has 1 fully saturated rings. The fourth-order valence-corrected chi connectivity index (χ4v) is 3.24. The number of rotatable bonds is 5. The van der Waals surface area contributed by atoms with Crippen molar-refractivity contribution in [1.82, 2.24) is 4.98 Å². The second-order valence-electron chi connectivity index (χ2n) is 5.98. The average molecular weight is 395 g/mol. The molecule has 1 aliphatic heterocycles. The normalized spacial score (nSPS) is 16.3. The summed E-state index contributed by atoms with van der Waals surface area (Å²) in [5.74, 6) is -0.933. The van der Waals surface area contributed by atoms with Crippen LogP contribution in [0.25, 0.3) is 0 Å².